The summed E-state index contributed by atoms with van der Waals surface area (Å²) in [6, 6.07) is 20.1. The highest BCUT2D eigenvalue weighted by Gasteiger charge is 2.27. The van der Waals surface area contributed by atoms with Gasteiger partial charge in [-0.1, -0.05) is 37.4 Å². The molecule has 0 atom stereocenters. The largest absolute Gasteiger partial charge is 0.444 e. The SMILES string of the molecule is CC(C)(C)OC(=O)Nc1ccc(-c2cccs2)cc1NC(=O)c1ccc(CN2CC[Si](C)(C)CC2)cc1. The summed E-state index contributed by atoms with van der Waals surface area (Å²) in [5.41, 5.74) is 3.12. The molecule has 2 aromatic carbocycles. The first kappa shape index (κ1) is 27.1. The molecule has 8 heteroatoms. The third-order valence-corrected chi connectivity index (χ3v) is 10.6. The minimum atomic E-state index is -0.987. The van der Waals surface area contributed by atoms with Gasteiger partial charge in [-0.25, -0.2) is 4.79 Å². The van der Waals surface area contributed by atoms with E-state index in [0.29, 0.717) is 16.9 Å². The quantitative estimate of drug-likeness (QED) is 0.320. The Morgan fingerprint density at radius 3 is 2.30 bits per heavy atom. The number of hydrogen-bond acceptors (Lipinski definition) is 5. The fourth-order valence-corrected chi connectivity index (χ4v) is 7.11. The van der Waals surface area contributed by atoms with Crippen LogP contribution in [0.3, 0.4) is 0 Å². The van der Waals surface area contributed by atoms with Gasteiger partial charge in [0.15, 0.2) is 0 Å². The molecule has 1 aliphatic rings. The van der Waals surface area contributed by atoms with Crippen LogP contribution in [0.2, 0.25) is 25.2 Å². The molecular weight excluding hydrogens is 498 g/mol. The van der Waals surface area contributed by atoms with Crippen molar-refractivity contribution in [1.82, 2.24) is 4.90 Å². The highest BCUT2D eigenvalue weighted by molar-refractivity contribution is 7.13. The van der Waals surface area contributed by atoms with Crippen molar-refractivity contribution < 1.29 is 14.3 Å². The van der Waals surface area contributed by atoms with Crippen LogP contribution in [0.5, 0.6) is 0 Å². The van der Waals surface area contributed by atoms with Crippen LogP contribution in [0, 0.1) is 0 Å². The van der Waals surface area contributed by atoms with Crippen molar-refractivity contribution in [2.45, 2.75) is 58.1 Å². The number of anilines is 2. The molecule has 2 N–H and O–H groups in total. The molecular formula is C29H37N3O3SSi. The number of amides is 2. The monoisotopic (exact) mass is 535 g/mol. The lowest BCUT2D eigenvalue weighted by Crippen LogP contribution is -2.42. The Morgan fingerprint density at radius 2 is 1.68 bits per heavy atom. The van der Waals surface area contributed by atoms with Crippen LogP contribution in [0.1, 0.15) is 36.7 Å². The summed E-state index contributed by atoms with van der Waals surface area (Å²) >= 11 is 1.62. The summed E-state index contributed by atoms with van der Waals surface area (Å²) in [4.78, 5) is 29.2. The van der Waals surface area contributed by atoms with Gasteiger partial charge in [0.05, 0.1) is 11.4 Å². The zero-order valence-corrected chi connectivity index (χ0v) is 24.2. The van der Waals surface area contributed by atoms with E-state index >= 15 is 0 Å². The van der Waals surface area contributed by atoms with Gasteiger partial charge in [0.25, 0.3) is 5.91 Å². The van der Waals surface area contributed by atoms with Crippen molar-refractivity contribution in [3.05, 3.63) is 71.1 Å². The first-order valence-corrected chi connectivity index (χ1v) is 17.1. The van der Waals surface area contributed by atoms with Crippen molar-refractivity contribution in [3.8, 4) is 10.4 Å². The van der Waals surface area contributed by atoms with Crippen LogP contribution < -0.4 is 10.6 Å². The number of hydrogen-bond donors (Lipinski definition) is 2. The van der Waals surface area contributed by atoms with Gasteiger partial charge in [-0.3, -0.25) is 15.0 Å². The Balaban J connectivity index is 1.48. The van der Waals surface area contributed by atoms with Gasteiger partial charge in [-0.05, 0) is 92.8 Å². The number of nitrogens with zero attached hydrogens (tertiary/aromatic N) is 1. The molecule has 196 valence electrons. The van der Waals surface area contributed by atoms with Crippen LogP contribution in [0.4, 0.5) is 16.2 Å². The van der Waals surface area contributed by atoms with E-state index in [1.807, 2.05) is 74.7 Å². The van der Waals surface area contributed by atoms with Crippen LogP contribution in [-0.4, -0.2) is 43.7 Å². The molecule has 2 heterocycles. The fourth-order valence-electron chi connectivity index (χ4n) is 4.30. The van der Waals surface area contributed by atoms with Crippen molar-refractivity contribution in [1.29, 1.82) is 0 Å². The molecule has 0 saturated carbocycles. The zero-order chi connectivity index (χ0) is 26.6. The highest BCUT2D eigenvalue weighted by Crippen LogP contribution is 2.32. The molecule has 1 fully saturated rings. The third-order valence-electron chi connectivity index (χ3n) is 6.54. The van der Waals surface area contributed by atoms with Crippen molar-refractivity contribution in [3.63, 3.8) is 0 Å². The summed E-state index contributed by atoms with van der Waals surface area (Å²) in [6.45, 7) is 13.6. The second-order valence-electron chi connectivity index (χ2n) is 11.5. The molecule has 0 unspecified atom stereocenters. The van der Waals surface area contributed by atoms with Gasteiger partial charge in [0.2, 0.25) is 0 Å². The highest BCUT2D eigenvalue weighted by atomic mass is 32.1. The van der Waals surface area contributed by atoms with E-state index in [2.05, 4.69) is 28.6 Å². The lowest BCUT2D eigenvalue weighted by molar-refractivity contribution is 0.0635. The summed E-state index contributed by atoms with van der Waals surface area (Å²) in [5, 5.41) is 7.79. The number of carbonyl (C=O) groups is 2. The minimum Gasteiger partial charge on any atom is -0.444 e. The summed E-state index contributed by atoms with van der Waals surface area (Å²) in [7, 11) is -0.987. The number of ether oxygens (including phenoxy) is 1. The molecule has 4 rings (SSSR count). The van der Waals surface area contributed by atoms with E-state index in [0.717, 1.165) is 30.1 Å². The lowest BCUT2D eigenvalue weighted by atomic mass is 10.1. The van der Waals surface area contributed by atoms with E-state index in [1.165, 1.54) is 17.7 Å². The van der Waals surface area contributed by atoms with E-state index in [1.54, 1.807) is 17.4 Å². The average molecular weight is 536 g/mol. The fraction of sp³-hybridized carbons (Fsp3) is 0.379. The molecule has 0 bridgehead atoms. The summed E-state index contributed by atoms with van der Waals surface area (Å²) in [6.07, 6.45) is -0.569. The zero-order valence-electron chi connectivity index (χ0n) is 22.4. The minimum absolute atomic E-state index is 0.229. The third kappa shape index (κ3) is 7.77. The van der Waals surface area contributed by atoms with Crippen LogP contribution >= 0.6 is 11.3 Å². The van der Waals surface area contributed by atoms with Crippen LogP contribution in [0.25, 0.3) is 10.4 Å². The molecule has 6 nitrogen and oxygen atoms in total. The number of thiophene rings is 1. The van der Waals surface area contributed by atoms with E-state index in [4.69, 9.17) is 4.74 Å². The molecule has 37 heavy (non-hydrogen) atoms. The molecule has 0 spiro atoms. The predicted molar refractivity (Wildman–Crippen MR) is 156 cm³/mol. The normalized spacial score (nSPS) is 15.7. The Kier molecular flexibility index (Phi) is 8.21. The van der Waals surface area contributed by atoms with Crippen molar-refractivity contribution in [2.24, 2.45) is 0 Å². The summed E-state index contributed by atoms with van der Waals surface area (Å²) < 4.78 is 5.41. The lowest BCUT2D eigenvalue weighted by Gasteiger charge is -2.35. The Hall–Kier alpha value is -2.94. The van der Waals surface area contributed by atoms with E-state index < -0.39 is 19.8 Å². The van der Waals surface area contributed by atoms with Gasteiger partial charge in [0.1, 0.15) is 5.60 Å². The Morgan fingerprint density at radius 1 is 0.973 bits per heavy atom. The number of nitrogens with one attached hydrogen (secondary N) is 2. The van der Waals surface area contributed by atoms with Crippen LogP contribution in [0.15, 0.2) is 60.0 Å². The number of rotatable bonds is 6. The molecule has 1 aliphatic heterocycles. The van der Waals surface area contributed by atoms with E-state index in [-0.39, 0.29) is 5.91 Å². The standard InChI is InChI=1S/C29H37N3O3SSi/c1-29(2,3)35-28(34)31-24-13-12-23(26-7-6-16-36-26)19-25(24)30-27(33)22-10-8-21(9-11-22)20-32-14-17-37(4,5)18-15-32/h6-13,16,19H,14-15,17-18,20H2,1-5H3,(H,30,33)(H,31,34). The molecule has 1 saturated heterocycles. The average Bonchev–Trinajstić information content (AvgIpc) is 3.36. The van der Waals surface area contributed by atoms with Crippen LogP contribution in [-0.2, 0) is 11.3 Å². The number of carbonyl (C=O) groups excluding carboxylic acids is 2. The molecule has 1 aromatic heterocycles. The maximum atomic E-state index is 13.2. The number of benzene rings is 2. The molecule has 3 aromatic rings. The second-order valence-corrected chi connectivity index (χ2v) is 17.7. The van der Waals surface area contributed by atoms with Gasteiger partial charge in [0, 0.05) is 25.1 Å². The molecule has 0 radical (unpaired) electrons. The van der Waals surface area contributed by atoms with E-state index in [9.17, 15) is 9.59 Å². The molecule has 0 aliphatic carbocycles. The summed E-state index contributed by atoms with van der Waals surface area (Å²) in [5.74, 6) is -0.229. The van der Waals surface area contributed by atoms with Crippen molar-refractivity contribution >= 4 is 42.8 Å². The smallest absolute Gasteiger partial charge is 0.412 e. The van der Waals surface area contributed by atoms with Gasteiger partial charge in [-0.2, -0.15) is 0 Å². The Bertz CT molecular complexity index is 1220. The van der Waals surface area contributed by atoms with Gasteiger partial charge >= 0.3 is 6.09 Å². The van der Waals surface area contributed by atoms with Crippen molar-refractivity contribution in [2.75, 3.05) is 23.7 Å². The predicted octanol–water partition coefficient (Wildman–Crippen LogP) is 7.54. The maximum Gasteiger partial charge on any atom is 0.412 e. The van der Waals surface area contributed by atoms with Gasteiger partial charge < -0.3 is 10.1 Å². The van der Waals surface area contributed by atoms with Gasteiger partial charge in [-0.15, -0.1) is 11.3 Å². The molecule has 2 amide bonds. The maximum absolute atomic E-state index is 13.2. The Labute approximate surface area is 225 Å². The second kappa shape index (κ2) is 11.2. The first-order valence-electron chi connectivity index (χ1n) is 12.8. The first-order chi connectivity index (χ1) is 17.5. The topological polar surface area (TPSA) is 70.7 Å².